The molecule has 0 saturated carbocycles. The van der Waals surface area contributed by atoms with E-state index in [9.17, 15) is 13.2 Å². The van der Waals surface area contributed by atoms with E-state index >= 15 is 0 Å². The van der Waals surface area contributed by atoms with Crippen molar-refractivity contribution in [2.45, 2.75) is 5.51 Å². The van der Waals surface area contributed by atoms with Gasteiger partial charge in [0.2, 0.25) is 0 Å². The second-order valence-corrected chi connectivity index (χ2v) is 2.33. The standard InChI is InChI=1S/CHF3O3S.3ClH.Ti/c2-1(3,4)8(5,6)7;;;;/h(H,5,6,7);3*1H;. The van der Waals surface area contributed by atoms with Gasteiger partial charge in [-0.05, 0) is 0 Å². The first kappa shape index (κ1) is 29.2. The molecule has 0 aromatic heterocycles. The van der Waals surface area contributed by atoms with Gasteiger partial charge in [0.15, 0.2) is 0 Å². The Labute approximate surface area is 100 Å². The summed E-state index contributed by atoms with van der Waals surface area (Å²) in [5, 5.41) is 0. The molecule has 0 aliphatic carbocycles. The first-order valence-electron chi connectivity index (χ1n) is 1.29. The van der Waals surface area contributed by atoms with Crippen molar-refractivity contribution in [3.05, 3.63) is 0 Å². The van der Waals surface area contributed by atoms with Crippen LogP contribution in [-0.4, -0.2) is 18.5 Å². The molecule has 0 fully saturated rings. The van der Waals surface area contributed by atoms with Crippen molar-refractivity contribution in [1.82, 2.24) is 0 Å². The van der Waals surface area contributed by atoms with Crippen molar-refractivity contribution in [2.75, 3.05) is 0 Å². The van der Waals surface area contributed by atoms with Crippen LogP contribution in [0.15, 0.2) is 0 Å². The number of halogens is 6. The van der Waals surface area contributed by atoms with E-state index in [2.05, 4.69) is 0 Å². The summed E-state index contributed by atoms with van der Waals surface area (Å²) in [7, 11) is -5.84. The molecule has 0 heterocycles. The molecule has 3 nitrogen and oxygen atoms in total. The summed E-state index contributed by atoms with van der Waals surface area (Å²) in [6.07, 6.45) is 0. The summed E-state index contributed by atoms with van der Waals surface area (Å²) in [4.78, 5) is 0. The molecule has 0 aliphatic heterocycles. The van der Waals surface area contributed by atoms with Gasteiger partial charge in [0, 0.05) is 21.7 Å². The van der Waals surface area contributed by atoms with Crippen LogP contribution in [0.1, 0.15) is 0 Å². The predicted octanol–water partition coefficient (Wildman–Crippen LogP) is 1.66. The van der Waals surface area contributed by atoms with Crippen molar-refractivity contribution < 1.29 is 47.9 Å². The average molecular weight is 307 g/mol. The molecule has 0 aliphatic rings. The van der Waals surface area contributed by atoms with E-state index in [1.54, 1.807) is 0 Å². The van der Waals surface area contributed by atoms with Gasteiger partial charge in [-0.2, -0.15) is 21.6 Å². The Balaban J connectivity index is -0.0000000408. The van der Waals surface area contributed by atoms with Gasteiger partial charge in [0.05, 0.1) is 0 Å². The molecule has 0 aromatic rings. The fourth-order valence-corrected chi connectivity index (χ4v) is 0. The van der Waals surface area contributed by atoms with E-state index in [0.717, 1.165) is 0 Å². The van der Waals surface area contributed by atoms with Crippen molar-refractivity contribution in [1.29, 1.82) is 0 Å². The van der Waals surface area contributed by atoms with E-state index in [-0.39, 0.29) is 58.9 Å². The zero-order chi connectivity index (χ0) is 7.00. The molecule has 78 valence electrons. The van der Waals surface area contributed by atoms with Gasteiger partial charge in [-0.25, -0.2) is 0 Å². The summed E-state index contributed by atoms with van der Waals surface area (Å²) < 4.78 is 57.5. The van der Waals surface area contributed by atoms with Crippen LogP contribution in [0.4, 0.5) is 13.2 Å². The van der Waals surface area contributed by atoms with Crippen molar-refractivity contribution in [2.24, 2.45) is 0 Å². The second-order valence-electron chi connectivity index (χ2n) is 0.921. The fraction of sp³-hybridized carbons (Fsp3) is 1.00. The summed E-state index contributed by atoms with van der Waals surface area (Å²) in [5.41, 5.74) is -5.53. The smallest absolute Gasteiger partial charge is 0.279 e. The molecule has 0 spiro atoms. The monoisotopic (exact) mass is 306 g/mol. The third-order valence-corrected chi connectivity index (χ3v) is 0.877. The van der Waals surface area contributed by atoms with E-state index in [1.807, 2.05) is 0 Å². The number of rotatable bonds is 0. The Morgan fingerprint density at radius 3 is 1.08 bits per heavy atom. The zero-order valence-electron chi connectivity index (χ0n) is 5.03. The van der Waals surface area contributed by atoms with E-state index in [1.165, 1.54) is 0 Å². The summed E-state index contributed by atoms with van der Waals surface area (Å²) in [5.74, 6) is 0. The minimum absolute atomic E-state index is 0. The van der Waals surface area contributed by atoms with Gasteiger partial charge in [-0.15, -0.1) is 37.2 Å². The molecule has 0 bridgehead atoms. The molecule has 0 unspecified atom stereocenters. The van der Waals surface area contributed by atoms with Gasteiger partial charge < -0.3 is 0 Å². The molecule has 0 amide bonds. The van der Waals surface area contributed by atoms with Gasteiger partial charge >= 0.3 is 15.6 Å². The minimum Gasteiger partial charge on any atom is -0.279 e. The number of alkyl halides is 3. The SMILES string of the molecule is Cl.Cl.Cl.O=S(=O)(O)C(F)(F)F.[Ti]. The second kappa shape index (κ2) is 8.86. The molecule has 0 radical (unpaired) electrons. The van der Waals surface area contributed by atoms with Crippen LogP contribution in [0.25, 0.3) is 0 Å². The normalized spacial score (nSPS) is 9.33. The maximum Gasteiger partial charge on any atom is 0.522 e. The van der Waals surface area contributed by atoms with Gasteiger partial charge in [-0.3, -0.25) is 4.55 Å². The van der Waals surface area contributed by atoms with Crippen LogP contribution in [0.2, 0.25) is 0 Å². The van der Waals surface area contributed by atoms with E-state index in [4.69, 9.17) is 13.0 Å². The fourth-order valence-electron chi connectivity index (χ4n) is 0. The molecular formula is CH4Cl3F3O3STi. The van der Waals surface area contributed by atoms with Crippen LogP contribution in [0.3, 0.4) is 0 Å². The Morgan fingerprint density at radius 1 is 1.00 bits per heavy atom. The van der Waals surface area contributed by atoms with Crippen LogP contribution in [0.5, 0.6) is 0 Å². The van der Waals surface area contributed by atoms with Gasteiger partial charge in [0.1, 0.15) is 0 Å². The van der Waals surface area contributed by atoms with E-state index in [0.29, 0.717) is 0 Å². The molecule has 11 heteroatoms. The Bertz CT molecular complexity index is 178. The molecular weight excluding hydrogens is 303 g/mol. The summed E-state index contributed by atoms with van der Waals surface area (Å²) in [6, 6.07) is 0. The minimum atomic E-state index is -5.84. The Morgan fingerprint density at radius 2 is 1.08 bits per heavy atom. The Kier molecular flexibility index (Phi) is 21.6. The van der Waals surface area contributed by atoms with Crippen molar-refractivity contribution in [3.8, 4) is 0 Å². The van der Waals surface area contributed by atoms with Crippen LogP contribution >= 0.6 is 37.2 Å². The Hall–Kier alpha value is 1.28. The molecule has 0 atom stereocenters. The first-order chi connectivity index (χ1) is 3.25. The first-order valence-corrected chi connectivity index (χ1v) is 2.73. The number of hydrogen-bond donors (Lipinski definition) is 1. The third-order valence-electron chi connectivity index (χ3n) is 0.292. The van der Waals surface area contributed by atoms with E-state index < -0.39 is 15.6 Å². The predicted molar refractivity (Wildman–Crippen MR) is 39.3 cm³/mol. The van der Waals surface area contributed by atoms with Gasteiger partial charge in [-0.1, -0.05) is 0 Å². The summed E-state index contributed by atoms with van der Waals surface area (Å²) in [6.45, 7) is 0. The van der Waals surface area contributed by atoms with Crippen molar-refractivity contribution >= 4 is 47.3 Å². The maximum absolute atomic E-state index is 10.7. The van der Waals surface area contributed by atoms with Gasteiger partial charge in [0.25, 0.3) is 0 Å². The van der Waals surface area contributed by atoms with Crippen molar-refractivity contribution in [3.63, 3.8) is 0 Å². The van der Waals surface area contributed by atoms with Crippen LogP contribution in [0, 0.1) is 0 Å². The molecule has 1 N–H and O–H groups in total. The van der Waals surface area contributed by atoms with Crippen LogP contribution in [-0.2, 0) is 31.8 Å². The molecule has 12 heavy (non-hydrogen) atoms. The molecule has 0 saturated heterocycles. The quantitative estimate of drug-likeness (QED) is 0.421. The largest absolute Gasteiger partial charge is 0.522 e. The molecule has 0 rings (SSSR count). The third kappa shape index (κ3) is 11.3. The van der Waals surface area contributed by atoms with Crippen LogP contribution < -0.4 is 0 Å². The average Bonchev–Trinajstić information content (AvgIpc) is 1.25. The molecule has 0 aromatic carbocycles. The number of hydrogen-bond acceptors (Lipinski definition) is 2. The maximum atomic E-state index is 10.7. The topological polar surface area (TPSA) is 54.4 Å². The summed E-state index contributed by atoms with van der Waals surface area (Å²) >= 11 is 0. The zero-order valence-corrected chi connectivity index (χ0v) is 9.86.